The Kier molecular flexibility index (Phi) is 4.35. The van der Waals surface area contributed by atoms with Gasteiger partial charge in [-0.2, -0.15) is 0 Å². The van der Waals surface area contributed by atoms with Crippen molar-refractivity contribution in [1.82, 2.24) is 10.2 Å². The maximum atomic E-state index is 11.6. The number of nitrogens with one attached hydrogen (secondary N) is 1. The lowest BCUT2D eigenvalue weighted by atomic mass is 10.1. The number of nitrogens with zero attached hydrogens (tertiary/aromatic N) is 1. The van der Waals surface area contributed by atoms with Gasteiger partial charge in [0.1, 0.15) is 6.04 Å². The number of hydrogen-bond donors (Lipinski definition) is 2. The lowest BCUT2D eigenvalue weighted by Crippen LogP contribution is -2.49. The van der Waals surface area contributed by atoms with Crippen LogP contribution in [0.25, 0.3) is 0 Å². The Morgan fingerprint density at radius 2 is 2.36 bits per heavy atom. The molecule has 4 nitrogen and oxygen atoms in total. The second-order valence-corrected chi connectivity index (χ2v) is 4.28. The van der Waals surface area contributed by atoms with Crippen LogP contribution in [-0.4, -0.2) is 43.0 Å². The molecule has 0 bridgehead atoms. The van der Waals surface area contributed by atoms with Gasteiger partial charge in [0.2, 0.25) is 5.91 Å². The molecule has 1 heterocycles. The molecule has 0 radical (unpaired) electrons. The van der Waals surface area contributed by atoms with E-state index in [9.17, 15) is 4.79 Å². The number of carbonyl (C=O) groups is 1. The molecule has 1 saturated heterocycles. The Bertz CT molecular complexity index is 194. The Morgan fingerprint density at radius 3 is 2.93 bits per heavy atom. The zero-order chi connectivity index (χ0) is 10.6. The standard InChI is InChI=1S/C10H21N3O/c1-8(2)7-13-5-3-4-12-10(14)9(13)6-11/h8-9H,3-7,11H2,1-2H3,(H,12,14). The van der Waals surface area contributed by atoms with Gasteiger partial charge in [-0.05, 0) is 12.3 Å². The molecule has 0 aromatic carbocycles. The van der Waals surface area contributed by atoms with Gasteiger partial charge in [0.15, 0.2) is 0 Å². The first-order valence-corrected chi connectivity index (χ1v) is 5.37. The van der Waals surface area contributed by atoms with Crippen molar-refractivity contribution < 1.29 is 4.79 Å². The Morgan fingerprint density at radius 1 is 1.64 bits per heavy atom. The van der Waals surface area contributed by atoms with Crippen LogP contribution in [0.5, 0.6) is 0 Å². The van der Waals surface area contributed by atoms with Crippen molar-refractivity contribution in [2.24, 2.45) is 11.7 Å². The van der Waals surface area contributed by atoms with E-state index < -0.39 is 0 Å². The molecule has 1 unspecified atom stereocenters. The third kappa shape index (κ3) is 2.96. The highest BCUT2D eigenvalue weighted by Crippen LogP contribution is 2.07. The van der Waals surface area contributed by atoms with Gasteiger partial charge in [-0.1, -0.05) is 13.8 Å². The Hall–Kier alpha value is -0.610. The molecule has 0 aliphatic carbocycles. The number of rotatable bonds is 3. The van der Waals surface area contributed by atoms with Gasteiger partial charge < -0.3 is 11.1 Å². The smallest absolute Gasteiger partial charge is 0.238 e. The van der Waals surface area contributed by atoms with E-state index in [2.05, 4.69) is 24.1 Å². The molecule has 1 fully saturated rings. The molecule has 0 aromatic heterocycles. The van der Waals surface area contributed by atoms with Crippen LogP contribution in [0.15, 0.2) is 0 Å². The molecule has 0 saturated carbocycles. The average molecular weight is 199 g/mol. The van der Waals surface area contributed by atoms with Crippen LogP contribution >= 0.6 is 0 Å². The third-order valence-corrected chi connectivity index (χ3v) is 2.49. The van der Waals surface area contributed by atoms with Gasteiger partial charge in [-0.3, -0.25) is 9.69 Å². The minimum Gasteiger partial charge on any atom is -0.355 e. The van der Waals surface area contributed by atoms with Crippen molar-refractivity contribution in [3.8, 4) is 0 Å². The van der Waals surface area contributed by atoms with Crippen LogP contribution in [0, 0.1) is 5.92 Å². The molecular weight excluding hydrogens is 178 g/mol. The van der Waals surface area contributed by atoms with Crippen molar-refractivity contribution >= 4 is 5.91 Å². The van der Waals surface area contributed by atoms with Crippen LogP contribution < -0.4 is 11.1 Å². The third-order valence-electron chi connectivity index (χ3n) is 2.49. The topological polar surface area (TPSA) is 58.4 Å². The fraction of sp³-hybridized carbons (Fsp3) is 0.900. The summed E-state index contributed by atoms with van der Waals surface area (Å²) in [6.07, 6.45) is 1.02. The van der Waals surface area contributed by atoms with Gasteiger partial charge in [0, 0.05) is 26.2 Å². The molecule has 1 amide bonds. The zero-order valence-electron chi connectivity index (χ0n) is 9.12. The largest absolute Gasteiger partial charge is 0.355 e. The molecule has 0 aromatic rings. The van der Waals surface area contributed by atoms with Gasteiger partial charge >= 0.3 is 0 Å². The summed E-state index contributed by atoms with van der Waals surface area (Å²) in [5.41, 5.74) is 5.63. The fourth-order valence-electron chi connectivity index (χ4n) is 1.88. The van der Waals surface area contributed by atoms with Crippen molar-refractivity contribution in [2.75, 3.05) is 26.2 Å². The van der Waals surface area contributed by atoms with Gasteiger partial charge in [-0.25, -0.2) is 0 Å². The molecule has 1 atom stereocenters. The van der Waals surface area contributed by atoms with Gasteiger partial charge in [0.25, 0.3) is 0 Å². The molecule has 3 N–H and O–H groups in total. The second-order valence-electron chi connectivity index (χ2n) is 4.28. The molecule has 4 heteroatoms. The average Bonchev–Trinajstić information content (AvgIpc) is 2.27. The molecule has 14 heavy (non-hydrogen) atoms. The van der Waals surface area contributed by atoms with Crippen molar-refractivity contribution in [3.05, 3.63) is 0 Å². The second kappa shape index (κ2) is 5.32. The van der Waals surface area contributed by atoms with Crippen LogP contribution in [0.2, 0.25) is 0 Å². The van der Waals surface area contributed by atoms with Crippen LogP contribution in [0.1, 0.15) is 20.3 Å². The van der Waals surface area contributed by atoms with E-state index in [4.69, 9.17) is 5.73 Å². The monoisotopic (exact) mass is 199 g/mol. The molecule has 1 aliphatic heterocycles. The van der Waals surface area contributed by atoms with Crippen molar-refractivity contribution in [1.29, 1.82) is 0 Å². The summed E-state index contributed by atoms with van der Waals surface area (Å²) in [4.78, 5) is 13.8. The summed E-state index contributed by atoms with van der Waals surface area (Å²) < 4.78 is 0. The van der Waals surface area contributed by atoms with E-state index in [0.717, 1.165) is 26.1 Å². The summed E-state index contributed by atoms with van der Waals surface area (Å²) in [5.74, 6) is 0.667. The minimum absolute atomic E-state index is 0.0886. The quantitative estimate of drug-likeness (QED) is 0.661. The zero-order valence-corrected chi connectivity index (χ0v) is 9.12. The van der Waals surface area contributed by atoms with Gasteiger partial charge in [-0.15, -0.1) is 0 Å². The maximum absolute atomic E-state index is 11.6. The first-order chi connectivity index (χ1) is 6.65. The number of hydrogen-bond acceptors (Lipinski definition) is 3. The molecule has 1 rings (SSSR count). The number of amides is 1. The lowest BCUT2D eigenvalue weighted by molar-refractivity contribution is -0.125. The maximum Gasteiger partial charge on any atom is 0.238 e. The van der Waals surface area contributed by atoms with E-state index in [-0.39, 0.29) is 11.9 Å². The summed E-state index contributed by atoms with van der Waals surface area (Å²) in [6, 6.07) is -0.125. The highest BCUT2D eigenvalue weighted by atomic mass is 16.2. The molecular formula is C10H21N3O. The van der Waals surface area contributed by atoms with E-state index in [0.29, 0.717) is 12.5 Å². The highest BCUT2D eigenvalue weighted by molar-refractivity contribution is 5.82. The SMILES string of the molecule is CC(C)CN1CCCNC(=O)C1CN. The van der Waals surface area contributed by atoms with Crippen LogP contribution in [-0.2, 0) is 4.79 Å². The fourth-order valence-corrected chi connectivity index (χ4v) is 1.88. The first kappa shape index (κ1) is 11.5. The van der Waals surface area contributed by atoms with Gasteiger partial charge in [0.05, 0.1) is 0 Å². The minimum atomic E-state index is -0.125. The van der Waals surface area contributed by atoms with E-state index >= 15 is 0 Å². The predicted octanol–water partition coefficient (Wildman–Crippen LogP) is -0.208. The van der Waals surface area contributed by atoms with E-state index in [1.807, 2.05) is 0 Å². The lowest BCUT2D eigenvalue weighted by Gasteiger charge is -2.28. The van der Waals surface area contributed by atoms with Crippen molar-refractivity contribution in [3.63, 3.8) is 0 Å². The van der Waals surface area contributed by atoms with E-state index in [1.165, 1.54) is 0 Å². The number of nitrogens with two attached hydrogens (primary N) is 1. The van der Waals surface area contributed by atoms with Crippen LogP contribution in [0.4, 0.5) is 0 Å². The first-order valence-electron chi connectivity index (χ1n) is 5.37. The summed E-state index contributed by atoms with van der Waals surface area (Å²) >= 11 is 0. The summed E-state index contributed by atoms with van der Waals surface area (Å²) in [6.45, 7) is 7.45. The molecule has 1 aliphatic rings. The molecule has 0 spiro atoms. The Labute approximate surface area is 85.8 Å². The predicted molar refractivity (Wildman–Crippen MR) is 56.9 cm³/mol. The van der Waals surface area contributed by atoms with Crippen LogP contribution in [0.3, 0.4) is 0 Å². The summed E-state index contributed by atoms with van der Waals surface area (Å²) in [7, 11) is 0. The summed E-state index contributed by atoms with van der Waals surface area (Å²) in [5, 5.41) is 2.89. The van der Waals surface area contributed by atoms with Crippen molar-refractivity contribution in [2.45, 2.75) is 26.3 Å². The normalized spacial score (nSPS) is 24.9. The highest BCUT2D eigenvalue weighted by Gasteiger charge is 2.26. The number of carbonyl (C=O) groups excluding carboxylic acids is 1. The van der Waals surface area contributed by atoms with E-state index in [1.54, 1.807) is 0 Å². The molecule has 82 valence electrons. The Balaban J connectivity index is 2.62.